The highest BCUT2D eigenvalue weighted by atomic mass is 19.4. The Kier molecular flexibility index (Phi) is 6.24. The van der Waals surface area contributed by atoms with Gasteiger partial charge in [0.15, 0.2) is 0 Å². The number of nitrogens with zero attached hydrogens (tertiary/aromatic N) is 3. The standard InChI is InChI=1S/C24H23F3N4O2/c25-24(26,27)18-5-7-20(8-6-18)31-12-11-30(23(28)33)15-17-14-16(4-9-22(17)31)21-3-1-2-19(29-21)10-13-32/h1-9,14,32H,10-13,15H2,(H2,28,33). The SMILES string of the molecule is NC(=O)N1CCN(c2ccc(C(F)(F)F)cc2)c2ccc(-c3cccc(CCO)n3)cc2C1. The number of fused-ring (bicyclic) bond motifs is 1. The van der Waals surface area contributed by atoms with E-state index in [-0.39, 0.29) is 13.2 Å². The lowest BCUT2D eigenvalue weighted by Crippen LogP contribution is -2.37. The van der Waals surface area contributed by atoms with Crippen molar-refractivity contribution in [3.05, 3.63) is 77.5 Å². The quantitative estimate of drug-likeness (QED) is 0.612. The molecule has 2 aromatic carbocycles. The number of pyridine rings is 1. The van der Waals surface area contributed by atoms with E-state index in [1.165, 1.54) is 17.0 Å². The van der Waals surface area contributed by atoms with Crippen LogP contribution in [-0.4, -0.2) is 40.7 Å². The van der Waals surface area contributed by atoms with Gasteiger partial charge in [0.1, 0.15) is 0 Å². The van der Waals surface area contributed by atoms with Crippen LogP contribution in [0, 0.1) is 0 Å². The second-order valence-corrected chi connectivity index (χ2v) is 7.79. The van der Waals surface area contributed by atoms with Crippen molar-refractivity contribution in [2.45, 2.75) is 19.1 Å². The molecule has 0 spiro atoms. The highest BCUT2D eigenvalue weighted by Gasteiger charge is 2.30. The van der Waals surface area contributed by atoms with Gasteiger partial charge in [0.05, 0.1) is 11.3 Å². The number of aliphatic hydroxyl groups is 1. The summed E-state index contributed by atoms with van der Waals surface area (Å²) >= 11 is 0. The van der Waals surface area contributed by atoms with Crippen molar-refractivity contribution in [2.75, 3.05) is 24.6 Å². The van der Waals surface area contributed by atoms with Crippen LogP contribution in [0.1, 0.15) is 16.8 Å². The Morgan fingerprint density at radius 3 is 2.48 bits per heavy atom. The van der Waals surface area contributed by atoms with E-state index < -0.39 is 17.8 Å². The summed E-state index contributed by atoms with van der Waals surface area (Å²) in [6.45, 7) is 0.970. The lowest BCUT2D eigenvalue weighted by molar-refractivity contribution is -0.137. The topological polar surface area (TPSA) is 82.7 Å². The zero-order valence-electron chi connectivity index (χ0n) is 17.7. The summed E-state index contributed by atoms with van der Waals surface area (Å²) in [6.07, 6.45) is -3.97. The Morgan fingerprint density at radius 2 is 1.82 bits per heavy atom. The van der Waals surface area contributed by atoms with E-state index in [9.17, 15) is 23.1 Å². The maximum Gasteiger partial charge on any atom is 0.416 e. The fourth-order valence-electron chi connectivity index (χ4n) is 3.94. The molecular formula is C24H23F3N4O2. The number of aromatic nitrogens is 1. The number of nitrogens with two attached hydrogens (primary N) is 1. The molecule has 1 aliphatic heterocycles. The number of halogens is 3. The molecule has 172 valence electrons. The first kappa shape index (κ1) is 22.6. The van der Waals surface area contributed by atoms with Crippen LogP contribution < -0.4 is 10.6 Å². The highest BCUT2D eigenvalue weighted by molar-refractivity contribution is 5.76. The predicted octanol–water partition coefficient (Wildman–Crippen LogP) is 4.33. The molecule has 3 N–H and O–H groups in total. The molecule has 0 bridgehead atoms. The van der Waals surface area contributed by atoms with Crippen LogP contribution in [0.2, 0.25) is 0 Å². The molecule has 0 unspecified atom stereocenters. The fraction of sp³-hybridized carbons (Fsp3) is 0.250. The number of amides is 2. The van der Waals surface area contributed by atoms with Gasteiger partial charge < -0.3 is 20.6 Å². The van der Waals surface area contributed by atoms with Crippen LogP contribution in [0.5, 0.6) is 0 Å². The van der Waals surface area contributed by atoms with Crippen molar-refractivity contribution >= 4 is 17.4 Å². The summed E-state index contributed by atoms with van der Waals surface area (Å²) in [4.78, 5) is 19.9. The molecular weight excluding hydrogens is 433 g/mol. The zero-order valence-corrected chi connectivity index (χ0v) is 17.7. The van der Waals surface area contributed by atoms with Gasteiger partial charge in [-0.2, -0.15) is 13.2 Å². The van der Waals surface area contributed by atoms with E-state index >= 15 is 0 Å². The van der Waals surface area contributed by atoms with E-state index in [1.54, 1.807) is 0 Å². The molecule has 0 saturated heterocycles. The van der Waals surface area contributed by atoms with Gasteiger partial charge in [-0.3, -0.25) is 4.98 Å². The molecule has 2 amide bonds. The van der Waals surface area contributed by atoms with Gasteiger partial charge in [0.2, 0.25) is 0 Å². The highest BCUT2D eigenvalue weighted by Crippen LogP contribution is 2.36. The largest absolute Gasteiger partial charge is 0.416 e. The van der Waals surface area contributed by atoms with Gasteiger partial charge in [-0.05, 0) is 54.1 Å². The third kappa shape index (κ3) is 4.93. The van der Waals surface area contributed by atoms with E-state index in [0.717, 1.165) is 40.3 Å². The number of rotatable bonds is 4. The van der Waals surface area contributed by atoms with Gasteiger partial charge in [-0.1, -0.05) is 12.1 Å². The Labute approximate surface area is 189 Å². The number of hydrogen-bond acceptors (Lipinski definition) is 4. The summed E-state index contributed by atoms with van der Waals surface area (Å²) in [5.74, 6) is 0. The minimum absolute atomic E-state index is 0.00367. The molecule has 0 fully saturated rings. The summed E-state index contributed by atoms with van der Waals surface area (Å²) in [6, 6.07) is 15.6. The molecule has 9 heteroatoms. The maximum absolute atomic E-state index is 13.0. The number of alkyl halides is 3. The number of anilines is 2. The molecule has 1 aromatic heterocycles. The van der Waals surface area contributed by atoms with Gasteiger partial charge in [-0.15, -0.1) is 0 Å². The third-order valence-electron chi connectivity index (χ3n) is 5.61. The average molecular weight is 456 g/mol. The summed E-state index contributed by atoms with van der Waals surface area (Å²) < 4.78 is 39.0. The molecule has 3 aromatic rings. The molecule has 6 nitrogen and oxygen atoms in total. The number of benzene rings is 2. The third-order valence-corrected chi connectivity index (χ3v) is 5.61. The zero-order chi connectivity index (χ0) is 23.6. The first-order valence-electron chi connectivity index (χ1n) is 10.5. The fourth-order valence-corrected chi connectivity index (χ4v) is 3.94. The van der Waals surface area contributed by atoms with E-state index in [2.05, 4.69) is 4.98 Å². The molecule has 33 heavy (non-hydrogen) atoms. The van der Waals surface area contributed by atoms with Gasteiger partial charge in [-0.25, -0.2) is 4.79 Å². The molecule has 4 rings (SSSR count). The van der Waals surface area contributed by atoms with Gasteiger partial charge >= 0.3 is 12.2 Å². The second kappa shape index (κ2) is 9.11. The van der Waals surface area contributed by atoms with Crippen LogP contribution in [0.4, 0.5) is 29.3 Å². The number of carbonyl (C=O) groups excluding carboxylic acids is 1. The Bertz CT molecular complexity index is 1150. The van der Waals surface area contributed by atoms with Crippen molar-refractivity contribution < 1.29 is 23.1 Å². The minimum Gasteiger partial charge on any atom is -0.396 e. The molecule has 1 aliphatic rings. The van der Waals surface area contributed by atoms with Crippen molar-refractivity contribution in [2.24, 2.45) is 5.73 Å². The van der Waals surface area contributed by atoms with Crippen molar-refractivity contribution in [1.29, 1.82) is 0 Å². The van der Waals surface area contributed by atoms with Crippen molar-refractivity contribution in [1.82, 2.24) is 9.88 Å². The second-order valence-electron chi connectivity index (χ2n) is 7.79. The Hall–Kier alpha value is -3.59. The smallest absolute Gasteiger partial charge is 0.396 e. The van der Waals surface area contributed by atoms with Crippen LogP contribution in [0.15, 0.2) is 60.7 Å². The lowest BCUT2D eigenvalue weighted by atomic mass is 10.0. The van der Waals surface area contributed by atoms with Crippen molar-refractivity contribution in [3.8, 4) is 11.3 Å². The first-order chi connectivity index (χ1) is 15.8. The lowest BCUT2D eigenvalue weighted by Gasteiger charge is -2.25. The van der Waals surface area contributed by atoms with Crippen molar-refractivity contribution in [3.63, 3.8) is 0 Å². The van der Waals surface area contributed by atoms with E-state index in [4.69, 9.17) is 5.73 Å². The Morgan fingerprint density at radius 1 is 1.06 bits per heavy atom. The molecule has 2 heterocycles. The van der Waals surface area contributed by atoms with Gasteiger partial charge in [0.25, 0.3) is 0 Å². The number of primary amides is 1. The van der Waals surface area contributed by atoms with Crippen LogP contribution in [0.25, 0.3) is 11.3 Å². The van der Waals surface area contributed by atoms with Gasteiger partial charge in [0, 0.05) is 55.3 Å². The molecule has 0 atom stereocenters. The number of hydrogen-bond donors (Lipinski definition) is 2. The number of carbonyl (C=O) groups is 1. The number of aliphatic hydroxyl groups excluding tert-OH is 1. The van der Waals surface area contributed by atoms with Crippen LogP contribution in [0.3, 0.4) is 0 Å². The average Bonchev–Trinajstić information content (AvgIpc) is 2.98. The summed E-state index contributed by atoms with van der Waals surface area (Å²) in [7, 11) is 0. The monoisotopic (exact) mass is 456 g/mol. The molecule has 0 radical (unpaired) electrons. The van der Waals surface area contributed by atoms with Crippen LogP contribution in [-0.2, 0) is 19.1 Å². The van der Waals surface area contributed by atoms with E-state index in [0.29, 0.717) is 25.2 Å². The molecule has 0 saturated carbocycles. The normalized spacial score (nSPS) is 14.1. The first-order valence-corrected chi connectivity index (χ1v) is 10.5. The summed E-state index contributed by atoms with van der Waals surface area (Å²) in [5, 5.41) is 9.19. The van der Waals surface area contributed by atoms with Crippen LogP contribution >= 0.6 is 0 Å². The Balaban J connectivity index is 1.74. The number of urea groups is 1. The maximum atomic E-state index is 13.0. The summed E-state index contributed by atoms with van der Waals surface area (Å²) in [5.41, 5.74) is 9.32. The predicted molar refractivity (Wildman–Crippen MR) is 119 cm³/mol. The minimum atomic E-state index is -4.41. The molecule has 0 aliphatic carbocycles. The van der Waals surface area contributed by atoms with E-state index in [1.807, 2.05) is 41.3 Å².